The van der Waals surface area contributed by atoms with Crippen molar-refractivity contribution in [3.63, 3.8) is 0 Å². The zero-order valence-corrected chi connectivity index (χ0v) is 15.9. The summed E-state index contributed by atoms with van der Waals surface area (Å²) in [6.45, 7) is 5.35. The number of aryl methyl sites for hydroxylation is 2. The van der Waals surface area contributed by atoms with Gasteiger partial charge in [0.05, 0.1) is 11.3 Å². The van der Waals surface area contributed by atoms with E-state index in [2.05, 4.69) is 18.3 Å². The van der Waals surface area contributed by atoms with Crippen molar-refractivity contribution in [3.05, 3.63) is 71.4 Å². The largest absolute Gasteiger partial charge is 0.352 e. The number of nitrogens with two attached hydrogens (primary N) is 1. The van der Waals surface area contributed by atoms with Gasteiger partial charge in [-0.3, -0.25) is 4.79 Å². The highest BCUT2D eigenvalue weighted by Gasteiger charge is 2.19. The van der Waals surface area contributed by atoms with Crippen LogP contribution in [0.4, 0.5) is 0 Å². The maximum Gasteiger partial charge on any atom is 0.255 e. The summed E-state index contributed by atoms with van der Waals surface area (Å²) in [6.07, 6.45) is 3.57. The summed E-state index contributed by atoms with van der Waals surface area (Å²) in [7, 11) is 0. The summed E-state index contributed by atoms with van der Waals surface area (Å²) in [5, 5.41) is 7.73. The number of nitrogens with one attached hydrogen (secondary N) is 1. The molecule has 0 aliphatic rings. The first-order valence-electron chi connectivity index (χ1n) is 9.31. The Balaban J connectivity index is 1.99. The Morgan fingerprint density at radius 1 is 1.11 bits per heavy atom. The fourth-order valence-corrected chi connectivity index (χ4v) is 3.10. The zero-order valence-electron chi connectivity index (χ0n) is 15.9. The Kier molecular flexibility index (Phi) is 6.04. The Hall–Kier alpha value is -2.92. The van der Waals surface area contributed by atoms with E-state index in [4.69, 9.17) is 10.8 Å². The molecule has 0 bridgehead atoms. The molecule has 27 heavy (non-hydrogen) atoms. The number of rotatable bonds is 7. The predicted octanol–water partition coefficient (Wildman–Crippen LogP) is 3.62. The molecular formula is C22H26N4O. The van der Waals surface area contributed by atoms with Gasteiger partial charge in [0.2, 0.25) is 0 Å². The van der Waals surface area contributed by atoms with E-state index in [1.807, 2.05) is 55.6 Å². The molecular weight excluding hydrogens is 336 g/mol. The molecule has 0 radical (unpaired) electrons. The second kappa shape index (κ2) is 8.64. The van der Waals surface area contributed by atoms with Gasteiger partial charge in [0, 0.05) is 18.3 Å². The Bertz CT molecular complexity index is 915. The summed E-state index contributed by atoms with van der Waals surface area (Å²) in [5.41, 5.74) is 11.0. The molecule has 0 atom stereocenters. The van der Waals surface area contributed by atoms with Crippen molar-refractivity contribution in [2.45, 2.75) is 26.7 Å². The quantitative estimate of drug-likeness (QED) is 0.631. The maximum atomic E-state index is 12.8. The molecule has 2 aromatic carbocycles. The van der Waals surface area contributed by atoms with Crippen LogP contribution >= 0.6 is 0 Å². The van der Waals surface area contributed by atoms with Gasteiger partial charge in [-0.15, -0.1) is 0 Å². The Morgan fingerprint density at radius 3 is 2.59 bits per heavy atom. The fraction of sp³-hybridized carbons (Fsp3) is 0.273. The SMILES string of the molecule is Cc1ccc(-c2nn(-c3ccccc3)cc2C(=O)NCCCCN)c(C)c1. The van der Waals surface area contributed by atoms with Crippen LogP contribution in [0.3, 0.4) is 0 Å². The number of benzene rings is 2. The number of amides is 1. The number of aromatic nitrogens is 2. The fourth-order valence-electron chi connectivity index (χ4n) is 3.10. The molecule has 3 aromatic rings. The summed E-state index contributed by atoms with van der Waals surface area (Å²) >= 11 is 0. The van der Waals surface area contributed by atoms with Crippen molar-refractivity contribution in [2.24, 2.45) is 5.73 Å². The van der Waals surface area contributed by atoms with Crippen LogP contribution in [-0.4, -0.2) is 28.8 Å². The van der Waals surface area contributed by atoms with Crippen LogP contribution in [0, 0.1) is 13.8 Å². The van der Waals surface area contributed by atoms with Crippen LogP contribution in [0.25, 0.3) is 16.9 Å². The first-order chi connectivity index (χ1) is 13.1. The first kappa shape index (κ1) is 18.9. The van der Waals surface area contributed by atoms with Crippen molar-refractivity contribution in [3.8, 4) is 16.9 Å². The van der Waals surface area contributed by atoms with E-state index in [-0.39, 0.29) is 5.91 Å². The van der Waals surface area contributed by atoms with E-state index in [1.165, 1.54) is 5.56 Å². The summed E-state index contributed by atoms with van der Waals surface area (Å²) in [6, 6.07) is 16.0. The minimum atomic E-state index is -0.107. The van der Waals surface area contributed by atoms with Crippen LogP contribution < -0.4 is 11.1 Å². The third-order valence-corrected chi connectivity index (χ3v) is 4.53. The van der Waals surface area contributed by atoms with Crippen molar-refractivity contribution in [2.75, 3.05) is 13.1 Å². The number of hydrogen-bond donors (Lipinski definition) is 2. The lowest BCUT2D eigenvalue weighted by Gasteiger charge is -2.08. The van der Waals surface area contributed by atoms with Gasteiger partial charge in [0.1, 0.15) is 5.69 Å². The molecule has 0 saturated carbocycles. The van der Waals surface area contributed by atoms with Crippen LogP contribution in [-0.2, 0) is 0 Å². The number of carbonyl (C=O) groups excluding carboxylic acids is 1. The minimum absolute atomic E-state index is 0.107. The second-order valence-electron chi connectivity index (χ2n) is 6.74. The molecule has 5 nitrogen and oxygen atoms in total. The highest BCUT2D eigenvalue weighted by molar-refractivity contribution is 6.00. The normalized spacial score (nSPS) is 10.8. The first-order valence-corrected chi connectivity index (χ1v) is 9.31. The van der Waals surface area contributed by atoms with Crippen LogP contribution in [0.2, 0.25) is 0 Å². The average Bonchev–Trinajstić information content (AvgIpc) is 3.11. The van der Waals surface area contributed by atoms with E-state index in [0.717, 1.165) is 29.7 Å². The van der Waals surface area contributed by atoms with Crippen molar-refractivity contribution >= 4 is 5.91 Å². The number of para-hydroxylation sites is 1. The van der Waals surface area contributed by atoms with Gasteiger partial charge in [0.25, 0.3) is 5.91 Å². The Morgan fingerprint density at radius 2 is 1.89 bits per heavy atom. The van der Waals surface area contributed by atoms with Gasteiger partial charge >= 0.3 is 0 Å². The minimum Gasteiger partial charge on any atom is -0.352 e. The topological polar surface area (TPSA) is 72.9 Å². The van der Waals surface area contributed by atoms with Crippen molar-refractivity contribution in [1.29, 1.82) is 0 Å². The van der Waals surface area contributed by atoms with Crippen molar-refractivity contribution in [1.82, 2.24) is 15.1 Å². The van der Waals surface area contributed by atoms with Gasteiger partial charge in [-0.25, -0.2) is 4.68 Å². The zero-order chi connectivity index (χ0) is 19.2. The molecule has 3 N–H and O–H groups in total. The number of unbranched alkanes of at least 4 members (excludes halogenated alkanes) is 1. The van der Waals surface area contributed by atoms with Crippen molar-refractivity contribution < 1.29 is 4.79 Å². The molecule has 140 valence electrons. The predicted molar refractivity (Wildman–Crippen MR) is 109 cm³/mol. The third kappa shape index (κ3) is 4.44. The molecule has 0 fully saturated rings. The molecule has 1 aromatic heterocycles. The van der Waals surface area contributed by atoms with E-state index < -0.39 is 0 Å². The van der Waals surface area contributed by atoms with Gasteiger partial charge in [0.15, 0.2) is 0 Å². The smallest absolute Gasteiger partial charge is 0.255 e. The number of carbonyl (C=O) groups is 1. The van der Waals surface area contributed by atoms with Gasteiger partial charge in [-0.1, -0.05) is 42.0 Å². The molecule has 0 aliphatic heterocycles. The monoisotopic (exact) mass is 362 g/mol. The van der Waals surface area contributed by atoms with Crippen LogP contribution in [0.1, 0.15) is 34.3 Å². The molecule has 0 aliphatic carbocycles. The van der Waals surface area contributed by atoms with Gasteiger partial charge < -0.3 is 11.1 Å². The van der Waals surface area contributed by atoms with E-state index in [1.54, 1.807) is 4.68 Å². The molecule has 0 unspecified atom stereocenters. The highest BCUT2D eigenvalue weighted by atomic mass is 16.1. The molecule has 0 saturated heterocycles. The molecule has 1 amide bonds. The number of nitrogens with zero attached hydrogens (tertiary/aromatic N) is 2. The number of hydrogen-bond acceptors (Lipinski definition) is 3. The summed E-state index contributed by atoms with van der Waals surface area (Å²) in [4.78, 5) is 12.8. The molecule has 3 rings (SSSR count). The second-order valence-corrected chi connectivity index (χ2v) is 6.74. The molecule has 0 spiro atoms. The van der Waals surface area contributed by atoms with E-state index in [9.17, 15) is 4.79 Å². The van der Waals surface area contributed by atoms with E-state index >= 15 is 0 Å². The lowest BCUT2D eigenvalue weighted by atomic mass is 10.0. The average molecular weight is 362 g/mol. The van der Waals surface area contributed by atoms with E-state index in [0.29, 0.717) is 24.3 Å². The summed E-state index contributed by atoms with van der Waals surface area (Å²) in [5.74, 6) is -0.107. The molecule has 1 heterocycles. The summed E-state index contributed by atoms with van der Waals surface area (Å²) < 4.78 is 1.77. The lowest BCUT2D eigenvalue weighted by molar-refractivity contribution is 0.0953. The van der Waals surface area contributed by atoms with Crippen LogP contribution in [0.5, 0.6) is 0 Å². The molecule has 5 heteroatoms. The maximum absolute atomic E-state index is 12.8. The van der Waals surface area contributed by atoms with Crippen LogP contribution in [0.15, 0.2) is 54.7 Å². The highest BCUT2D eigenvalue weighted by Crippen LogP contribution is 2.27. The van der Waals surface area contributed by atoms with Gasteiger partial charge in [-0.05, 0) is 50.9 Å². The third-order valence-electron chi connectivity index (χ3n) is 4.53. The Labute approximate surface area is 160 Å². The lowest BCUT2D eigenvalue weighted by Crippen LogP contribution is -2.25. The standard InChI is InChI=1S/C22H26N4O/c1-16-10-11-19(17(2)14-16)21-20(22(27)24-13-7-6-12-23)15-26(25-21)18-8-4-3-5-9-18/h3-5,8-11,14-15H,6-7,12-13,23H2,1-2H3,(H,24,27). The van der Waals surface area contributed by atoms with Gasteiger partial charge in [-0.2, -0.15) is 5.10 Å².